The molecule has 4 heteroatoms. The molecule has 0 unspecified atom stereocenters. The summed E-state index contributed by atoms with van der Waals surface area (Å²) in [6.45, 7) is 2.28. The zero-order valence-corrected chi connectivity index (χ0v) is 12.5. The fourth-order valence-electron chi connectivity index (χ4n) is 2.94. The van der Waals surface area contributed by atoms with E-state index in [-0.39, 0.29) is 12.5 Å². The molecule has 1 saturated carbocycles. The van der Waals surface area contributed by atoms with Gasteiger partial charge in [-0.3, -0.25) is 9.59 Å². The third kappa shape index (κ3) is 3.63. The number of carboxylic acids is 1. The smallest absolute Gasteiger partial charge is 0.311 e. The van der Waals surface area contributed by atoms with Crippen molar-refractivity contribution in [1.82, 2.24) is 5.32 Å². The van der Waals surface area contributed by atoms with Crippen LogP contribution < -0.4 is 5.32 Å². The highest BCUT2D eigenvalue weighted by Crippen LogP contribution is 2.36. The number of carboxylic acid groups (broad SMARTS) is 1. The second-order valence-electron chi connectivity index (χ2n) is 5.88. The zero-order chi connectivity index (χ0) is 15.3. The van der Waals surface area contributed by atoms with E-state index in [1.165, 1.54) is 5.56 Å². The number of aryl methyl sites for hydroxylation is 1. The van der Waals surface area contributed by atoms with E-state index in [9.17, 15) is 14.7 Å². The molecular formula is C17H23NO3. The van der Waals surface area contributed by atoms with E-state index in [1.807, 2.05) is 12.1 Å². The Balaban J connectivity index is 1.99. The molecule has 114 valence electrons. The zero-order valence-electron chi connectivity index (χ0n) is 12.5. The van der Waals surface area contributed by atoms with E-state index in [0.29, 0.717) is 18.4 Å². The SMILES string of the molecule is CCc1ccc(C(=O)NCC2(C(=O)O)CCCCC2)cc1. The Morgan fingerprint density at radius 2 is 1.76 bits per heavy atom. The Bertz CT molecular complexity index is 501. The van der Waals surface area contributed by atoms with Gasteiger partial charge in [-0.1, -0.05) is 38.3 Å². The van der Waals surface area contributed by atoms with Crippen molar-refractivity contribution in [3.05, 3.63) is 35.4 Å². The van der Waals surface area contributed by atoms with Crippen molar-refractivity contribution in [3.63, 3.8) is 0 Å². The van der Waals surface area contributed by atoms with Gasteiger partial charge in [-0.25, -0.2) is 0 Å². The van der Waals surface area contributed by atoms with E-state index in [2.05, 4.69) is 12.2 Å². The van der Waals surface area contributed by atoms with Gasteiger partial charge in [0.25, 0.3) is 5.91 Å². The van der Waals surface area contributed by atoms with Gasteiger partial charge in [0, 0.05) is 12.1 Å². The van der Waals surface area contributed by atoms with Gasteiger partial charge >= 0.3 is 5.97 Å². The predicted octanol–water partition coefficient (Wildman–Crippen LogP) is 3.01. The van der Waals surface area contributed by atoms with Crippen molar-refractivity contribution in [1.29, 1.82) is 0 Å². The average Bonchev–Trinajstić information content (AvgIpc) is 2.53. The molecule has 0 aliphatic heterocycles. The normalized spacial score (nSPS) is 17.2. The molecule has 0 radical (unpaired) electrons. The minimum Gasteiger partial charge on any atom is -0.481 e. The number of carbonyl (C=O) groups excluding carboxylic acids is 1. The largest absolute Gasteiger partial charge is 0.481 e. The number of rotatable bonds is 5. The Morgan fingerprint density at radius 3 is 2.29 bits per heavy atom. The van der Waals surface area contributed by atoms with Crippen LogP contribution in [0.1, 0.15) is 54.9 Å². The lowest BCUT2D eigenvalue weighted by Crippen LogP contribution is -2.44. The molecule has 0 spiro atoms. The summed E-state index contributed by atoms with van der Waals surface area (Å²) < 4.78 is 0. The summed E-state index contributed by atoms with van der Waals surface area (Å²) in [6.07, 6.45) is 5.17. The number of hydrogen-bond acceptors (Lipinski definition) is 2. The fraction of sp³-hybridized carbons (Fsp3) is 0.529. The van der Waals surface area contributed by atoms with Crippen LogP contribution in [0.5, 0.6) is 0 Å². The van der Waals surface area contributed by atoms with Crippen molar-refractivity contribution in [3.8, 4) is 0 Å². The molecule has 1 aliphatic rings. The molecule has 4 nitrogen and oxygen atoms in total. The molecule has 0 saturated heterocycles. The summed E-state index contributed by atoms with van der Waals surface area (Å²) in [4.78, 5) is 23.7. The highest BCUT2D eigenvalue weighted by Gasteiger charge is 2.39. The molecule has 0 atom stereocenters. The summed E-state index contributed by atoms with van der Waals surface area (Å²) in [7, 11) is 0. The fourth-order valence-corrected chi connectivity index (χ4v) is 2.94. The third-order valence-corrected chi connectivity index (χ3v) is 4.48. The molecule has 1 fully saturated rings. The van der Waals surface area contributed by atoms with Crippen LogP contribution in [0.25, 0.3) is 0 Å². The number of aliphatic carboxylic acids is 1. The molecular weight excluding hydrogens is 266 g/mol. The topological polar surface area (TPSA) is 66.4 Å². The predicted molar refractivity (Wildman–Crippen MR) is 81.3 cm³/mol. The number of hydrogen-bond donors (Lipinski definition) is 2. The van der Waals surface area contributed by atoms with Crippen molar-refractivity contribution in [2.75, 3.05) is 6.54 Å². The van der Waals surface area contributed by atoms with E-state index in [1.54, 1.807) is 12.1 Å². The molecule has 21 heavy (non-hydrogen) atoms. The van der Waals surface area contributed by atoms with Gasteiger partial charge in [-0.2, -0.15) is 0 Å². The van der Waals surface area contributed by atoms with Crippen LogP contribution in [0, 0.1) is 5.41 Å². The molecule has 1 amide bonds. The average molecular weight is 289 g/mol. The number of carbonyl (C=O) groups is 2. The van der Waals surface area contributed by atoms with Crippen molar-refractivity contribution >= 4 is 11.9 Å². The van der Waals surface area contributed by atoms with Crippen LogP contribution in [-0.2, 0) is 11.2 Å². The highest BCUT2D eigenvalue weighted by atomic mass is 16.4. The Morgan fingerprint density at radius 1 is 1.14 bits per heavy atom. The van der Waals surface area contributed by atoms with Gasteiger partial charge in [0.1, 0.15) is 0 Å². The van der Waals surface area contributed by atoms with Gasteiger partial charge in [0.05, 0.1) is 5.41 Å². The third-order valence-electron chi connectivity index (χ3n) is 4.48. The van der Waals surface area contributed by atoms with Crippen LogP contribution in [0.3, 0.4) is 0 Å². The van der Waals surface area contributed by atoms with Gasteiger partial charge in [-0.05, 0) is 37.0 Å². The molecule has 2 rings (SSSR count). The lowest BCUT2D eigenvalue weighted by atomic mass is 9.74. The molecule has 1 aromatic carbocycles. The summed E-state index contributed by atoms with van der Waals surface area (Å²) >= 11 is 0. The first kappa shape index (κ1) is 15.5. The van der Waals surface area contributed by atoms with Gasteiger partial charge in [0.15, 0.2) is 0 Å². The van der Waals surface area contributed by atoms with Crippen molar-refractivity contribution in [2.24, 2.45) is 5.41 Å². The van der Waals surface area contributed by atoms with Gasteiger partial charge in [-0.15, -0.1) is 0 Å². The first-order valence-electron chi connectivity index (χ1n) is 7.68. The maximum atomic E-state index is 12.1. The maximum Gasteiger partial charge on any atom is 0.311 e. The molecule has 0 heterocycles. The maximum absolute atomic E-state index is 12.1. The molecule has 2 N–H and O–H groups in total. The highest BCUT2D eigenvalue weighted by molar-refractivity contribution is 5.94. The van der Waals surface area contributed by atoms with Crippen LogP contribution in [0.15, 0.2) is 24.3 Å². The van der Waals surface area contributed by atoms with Gasteiger partial charge in [0.2, 0.25) is 0 Å². The van der Waals surface area contributed by atoms with Crippen molar-refractivity contribution < 1.29 is 14.7 Å². The van der Waals surface area contributed by atoms with E-state index >= 15 is 0 Å². The van der Waals surface area contributed by atoms with Crippen LogP contribution in [0.2, 0.25) is 0 Å². The minimum atomic E-state index is -0.788. The standard InChI is InChI=1S/C17H23NO3/c1-2-13-6-8-14(9-7-13)15(19)18-12-17(16(20)21)10-4-3-5-11-17/h6-9H,2-5,10-12H2,1H3,(H,18,19)(H,20,21). The second-order valence-corrected chi connectivity index (χ2v) is 5.88. The first-order chi connectivity index (χ1) is 10.1. The summed E-state index contributed by atoms with van der Waals surface area (Å²) in [5.74, 6) is -0.979. The summed E-state index contributed by atoms with van der Waals surface area (Å²) in [5.41, 5.74) is 0.987. The minimum absolute atomic E-state index is 0.191. The van der Waals surface area contributed by atoms with Crippen molar-refractivity contribution in [2.45, 2.75) is 45.4 Å². The molecule has 1 aromatic rings. The number of amides is 1. The Labute approximate surface area is 125 Å². The van der Waals surface area contributed by atoms with Crippen LogP contribution >= 0.6 is 0 Å². The Hall–Kier alpha value is -1.84. The number of nitrogens with one attached hydrogen (secondary N) is 1. The summed E-state index contributed by atoms with van der Waals surface area (Å²) in [5, 5.41) is 12.3. The lowest BCUT2D eigenvalue weighted by Gasteiger charge is -2.33. The monoisotopic (exact) mass is 289 g/mol. The van der Waals surface area contributed by atoms with E-state index in [0.717, 1.165) is 25.7 Å². The quantitative estimate of drug-likeness (QED) is 0.875. The number of benzene rings is 1. The molecule has 1 aliphatic carbocycles. The Kier molecular flexibility index (Phi) is 4.99. The van der Waals surface area contributed by atoms with Crippen LogP contribution in [0.4, 0.5) is 0 Å². The van der Waals surface area contributed by atoms with E-state index < -0.39 is 11.4 Å². The lowest BCUT2D eigenvalue weighted by molar-refractivity contribution is -0.150. The first-order valence-corrected chi connectivity index (χ1v) is 7.68. The summed E-state index contributed by atoms with van der Waals surface area (Å²) in [6, 6.07) is 7.45. The second kappa shape index (κ2) is 6.74. The van der Waals surface area contributed by atoms with E-state index in [4.69, 9.17) is 0 Å². The molecule has 0 bridgehead atoms. The van der Waals surface area contributed by atoms with Gasteiger partial charge < -0.3 is 10.4 Å². The molecule has 0 aromatic heterocycles. The van der Waals surface area contributed by atoms with Crippen LogP contribution in [-0.4, -0.2) is 23.5 Å².